The van der Waals surface area contributed by atoms with Crippen LogP contribution in [0.2, 0.25) is 0 Å². The van der Waals surface area contributed by atoms with Gasteiger partial charge in [0.2, 0.25) is 5.43 Å². The number of nitrogens with zero attached hydrogens (tertiary/aromatic N) is 3. The van der Waals surface area contributed by atoms with Crippen LogP contribution >= 0.6 is 0 Å². The standard InChI is InChI=1S/C29H29F2N3O3/c30-23-7-2-1-5-18(23)14-32-19-6-3-4-12-33(15-19)27-24(31)13-21-26(25(27)17-8-9-17)34(20-10-11-20)16-22(28(21)35)29(36)37/h1-2,5,7,13-14,16-17,19-20H,3-4,6,8-12,15H2,(H,36,37). The summed E-state index contributed by atoms with van der Waals surface area (Å²) in [6.07, 6.45) is 9.29. The number of carbonyl (C=O) groups is 1. The largest absolute Gasteiger partial charge is 0.477 e. The Kier molecular flexibility index (Phi) is 6.05. The zero-order valence-corrected chi connectivity index (χ0v) is 20.5. The first kappa shape index (κ1) is 23.8. The summed E-state index contributed by atoms with van der Waals surface area (Å²) >= 11 is 0. The zero-order chi connectivity index (χ0) is 25.7. The van der Waals surface area contributed by atoms with E-state index in [1.807, 2.05) is 9.47 Å². The first-order valence-electron chi connectivity index (χ1n) is 13.1. The first-order chi connectivity index (χ1) is 17.9. The predicted molar refractivity (Wildman–Crippen MR) is 139 cm³/mol. The molecule has 8 heteroatoms. The number of halogens is 2. The van der Waals surface area contributed by atoms with Gasteiger partial charge < -0.3 is 14.6 Å². The molecule has 192 valence electrons. The van der Waals surface area contributed by atoms with Crippen molar-refractivity contribution in [1.82, 2.24) is 4.57 Å². The number of anilines is 1. The number of aromatic nitrogens is 1. The average Bonchev–Trinajstić information content (AvgIpc) is 3.77. The number of carboxylic acid groups (broad SMARTS) is 1. The monoisotopic (exact) mass is 505 g/mol. The second-order valence-corrected chi connectivity index (χ2v) is 10.5. The Hall–Kier alpha value is -3.55. The molecule has 0 amide bonds. The van der Waals surface area contributed by atoms with Gasteiger partial charge in [-0.25, -0.2) is 13.6 Å². The van der Waals surface area contributed by atoms with E-state index in [0.29, 0.717) is 29.9 Å². The van der Waals surface area contributed by atoms with Crippen molar-refractivity contribution in [3.63, 3.8) is 0 Å². The molecule has 1 aromatic heterocycles. The van der Waals surface area contributed by atoms with Crippen LogP contribution in [-0.4, -0.2) is 41.0 Å². The van der Waals surface area contributed by atoms with Gasteiger partial charge in [-0.05, 0) is 63.0 Å². The molecule has 1 N–H and O–H groups in total. The molecular formula is C29H29F2N3O3. The fourth-order valence-corrected chi connectivity index (χ4v) is 5.59. The zero-order valence-electron chi connectivity index (χ0n) is 20.5. The minimum atomic E-state index is -1.29. The van der Waals surface area contributed by atoms with Crippen LogP contribution in [0.3, 0.4) is 0 Å². The number of pyridine rings is 1. The lowest BCUT2D eigenvalue weighted by molar-refractivity contribution is 0.0695. The van der Waals surface area contributed by atoms with Gasteiger partial charge in [0.05, 0.1) is 17.2 Å². The molecule has 1 atom stereocenters. The van der Waals surface area contributed by atoms with Gasteiger partial charge in [-0.1, -0.05) is 18.2 Å². The van der Waals surface area contributed by atoms with Crippen LogP contribution in [0.15, 0.2) is 46.3 Å². The number of benzene rings is 2. The van der Waals surface area contributed by atoms with E-state index in [4.69, 9.17) is 0 Å². The van der Waals surface area contributed by atoms with E-state index in [0.717, 1.165) is 50.5 Å². The van der Waals surface area contributed by atoms with Gasteiger partial charge in [-0.15, -0.1) is 0 Å². The maximum Gasteiger partial charge on any atom is 0.341 e. The SMILES string of the molecule is O=C(O)c1cn(C2CC2)c2c(C3CC3)c(N3CCCCC(N=Cc4ccccc4F)C3)c(F)cc2c1=O. The van der Waals surface area contributed by atoms with Crippen LogP contribution in [0.5, 0.6) is 0 Å². The van der Waals surface area contributed by atoms with Crippen molar-refractivity contribution in [2.45, 2.75) is 62.9 Å². The molecule has 2 aromatic carbocycles. The molecule has 0 bridgehead atoms. The van der Waals surface area contributed by atoms with Gasteiger partial charge in [0.25, 0.3) is 0 Å². The third-order valence-corrected chi connectivity index (χ3v) is 7.73. The molecule has 6 nitrogen and oxygen atoms in total. The second kappa shape index (κ2) is 9.39. The van der Waals surface area contributed by atoms with Gasteiger partial charge in [0, 0.05) is 48.1 Å². The summed E-state index contributed by atoms with van der Waals surface area (Å²) < 4.78 is 32.0. The van der Waals surface area contributed by atoms with Crippen molar-refractivity contribution in [3.05, 3.63) is 75.1 Å². The fraction of sp³-hybridized carbons (Fsp3) is 0.414. The Morgan fingerprint density at radius 3 is 2.54 bits per heavy atom. The summed E-state index contributed by atoms with van der Waals surface area (Å²) in [6, 6.07) is 7.75. The first-order valence-corrected chi connectivity index (χ1v) is 13.1. The van der Waals surface area contributed by atoms with Crippen molar-refractivity contribution < 1.29 is 18.7 Å². The van der Waals surface area contributed by atoms with E-state index in [2.05, 4.69) is 4.99 Å². The van der Waals surface area contributed by atoms with Gasteiger partial charge in [-0.2, -0.15) is 0 Å². The summed E-state index contributed by atoms with van der Waals surface area (Å²) in [7, 11) is 0. The van der Waals surface area contributed by atoms with E-state index in [9.17, 15) is 19.1 Å². The normalized spacial score (nSPS) is 20.5. The van der Waals surface area contributed by atoms with Gasteiger partial charge in [-0.3, -0.25) is 9.79 Å². The third-order valence-electron chi connectivity index (χ3n) is 7.73. The lowest BCUT2D eigenvalue weighted by Gasteiger charge is -2.29. The summed E-state index contributed by atoms with van der Waals surface area (Å²) in [6.45, 7) is 1.16. The van der Waals surface area contributed by atoms with E-state index in [1.54, 1.807) is 24.4 Å². The van der Waals surface area contributed by atoms with Crippen LogP contribution in [0.4, 0.5) is 14.5 Å². The molecule has 1 unspecified atom stereocenters. The third kappa shape index (κ3) is 4.54. The molecule has 0 radical (unpaired) electrons. The van der Waals surface area contributed by atoms with Crippen LogP contribution < -0.4 is 10.3 Å². The van der Waals surface area contributed by atoms with Crippen molar-refractivity contribution in [2.75, 3.05) is 18.0 Å². The highest BCUT2D eigenvalue weighted by Gasteiger charge is 2.37. The summed E-state index contributed by atoms with van der Waals surface area (Å²) in [5.74, 6) is -1.97. The highest BCUT2D eigenvalue weighted by atomic mass is 19.1. The Morgan fingerprint density at radius 2 is 1.84 bits per heavy atom. The molecule has 2 saturated carbocycles. The van der Waals surface area contributed by atoms with Crippen LogP contribution in [0, 0.1) is 11.6 Å². The van der Waals surface area contributed by atoms with E-state index in [-0.39, 0.29) is 34.8 Å². The van der Waals surface area contributed by atoms with Crippen molar-refractivity contribution in [1.29, 1.82) is 0 Å². The van der Waals surface area contributed by atoms with E-state index >= 15 is 4.39 Å². The number of hydrogen-bond donors (Lipinski definition) is 1. The summed E-state index contributed by atoms with van der Waals surface area (Å²) in [5.41, 5.74) is 1.51. The summed E-state index contributed by atoms with van der Waals surface area (Å²) in [5, 5.41) is 9.78. The molecule has 6 rings (SSSR count). The van der Waals surface area contributed by atoms with Crippen LogP contribution in [0.25, 0.3) is 10.9 Å². The molecule has 3 aromatic rings. The number of aromatic carboxylic acids is 1. The highest BCUT2D eigenvalue weighted by Crippen LogP contribution is 2.50. The molecule has 3 fully saturated rings. The highest BCUT2D eigenvalue weighted by molar-refractivity contribution is 5.96. The molecule has 3 aliphatic rings. The topological polar surface area (TPSA) is 74.9 Å². The van der Waals surface area contributed by atoms with Crippen molar-refractivity contribution in [2.24, 2.45) is 4.99 Å². The molecule has 2 heterocycles. The average molecular weight is 506 g/mol. The minimum Gasteiger partial charge on any atom is -0.477 e. The lowest BCUT2D eigenvalue weighted by atomic mass is 9.99. The van der Waals surface area contributed by atoms with E-state index < -0.39 is 17.2 Å². The van der Waals surface area contributed by atoms with Crippen LogP contribution in [-0.2, 0) is 0 Å². The smallest absolute Gasteiger partial charge is 0.341 e. The molecular weight excluding hydrogens is 476 g/mol. The van der Waals surface area contributed by atoms with Crippen molar-refractivity contribution >= 4 is 28.8 Å². The predicted octanol–water partition coefficient (Wildman–Crippen LogP) is 5.67. The Balaban J connectivity index is 1.46. The number of hydrogen-bond acceptors (Lipinski definition) is 4. The number of carboxylic acids is 1. The Labute approximate surface area is 213 Å². The van der Waals surface area contributed by atoms with Gasteiger partial charge >= 0.3 is 5.97 Å². The summed E-state index contributed by atoms with van der Waals surface area (Å²) in [4.78, 5) is 31.7. The lowest BCUT2D eigenvalue weighted by Crippen LogP contribution is -2.32. The maximum atomic E-state index is 16.0. The number of aliphatic imine (C=N–C) groups is 1. The second-order valence-electron chi connectivity index (χ2n) is 10.5. The Morgan fingerprint density at radius 1 is 1.05 bits per heavy atom. The van der Waals surface area contributed by atoms with Crippen molar-refractivity contribution in [3.8, 4) is 0 Å². The molecule has 1 saturated heterocycles. The molecule has 1 aliphatic heterocycles. The minimum absolute atomic E-state index is 0.121. The fourth-order valence-electron chi connectivity index (χ4n) is 5.59. The quantitative estimate of drug-likeness (QED) is 0.438. The molecule has 0 spiro atoms. The van der Waals surface area contributed by atoms with Crippen LogP contribution in [0.1, 0.15) is 78.4 Å². The van der Waals surface area contributed by atoms with Gasteiger partial charge in [0.1, 0.15) is 17.2 Å². The number of rotatable bonds is 6. The molecule has 2 aliphatic carbocycles. The van der Waals surface area contributed by atoms with E-state index in [1.165, 1.54) is 18.3 Å². The maximum absolute atomic E-state index is 16.0. The Bertz CT molecular complexity index is 1470. The molecule has 37 heavy (non-hydrogen) atoms. The number of fused-ring (bicyclic) bond motifs is 1. The van der Waals surface area contributed by atoms with Gasteiger partial charge in [0.15, 0.2) is 0 Å².